The maximum Gasteiger partial charge on any atom is 0.222 e. The van der Waals surface area contributed by atoms with Crippen molar-refractivity contribution in [2.24, 2.45) is 17.6 Å². The molecule has 2 unspecified atom stereocenters. The van der Waals surface area contributed by atoms with Crippen molar-refractivity contribution in [3.63, 3.8) is 0 Å². The highest BCUT2D eigenvalue weighted by molar-refractivity contribution is 5.83. The number of hydrogen-bond acceptors (Lipinski definition) is 7. The van der Waals surface area contributed by atoms with Crippen LogP contribution < -0.4 is 15.8 Å². The number of carbonyl (C=O) groups excluding carboxylic acids is 1. The Hall–Kier alpha value is -3.20. The van der Waals surface area contributed by atoms with Crippen LogP contribution in [0.4, 0.5) is 0 Å². The monoisotopic (exact) mass is 464 g/mol. The number of amides is 1. The molecular formula is C26H32N4O4. The maximum atomic E-state index is 12.2. The highest BCUT2D eigenvalue weighted by atomic mass is 16.5. The molecule has 1 saturated heterocycles. The average Bonchev–Trinajstić information content (AvgIpc) is 3.37. The van der Waals surface area contributed by atoms with Gasteiger partial charge in [0.15, 0.2) is 0 Å². The summed E-state index contributed by atoms with van der Waals surface area (Å²) in [7, 11) is 1.62. The Bertz CT molecular complexity index is 1120. The molecule has 3 aromatic rings. The molecule has 0 bridgehead atoms. The number of methoxy groups -OCH3 is 1. The van der Waals surface area contributed by atoms with Gasteiger partial charge in [-0.15, -0.1) is 0 Å². The Kier molecular flexibility index (Phi) is 7.95. The third kappa shape index (κ3) is 5.83. The summed E-state index contributed by atoms with van der Waals surface area (Å²) in [6, 6.07) is 11.2. The third-order valence-electron chi connectivity index (χ3n) is 6.47. The number of furan rings is 1. The van der Waals surface area contributed by atoms with Crippen LogP contribution in [0.15, 0.2) is 59.4 Å². The first kappa shape index (κ1) is 23.9. The van der Waals surface area contributed by atoms with E-state index in [0.717, 1.165) is 40.9 Å². The highest BCUT2D eigenvalue weighted by Gasteiger charge is 2.33. The van der Waals surface area contributed by atoms with E-state index in [0.29, 0.717) is 26.2 Å². The van der Waals surface area contributed by atoms with E-state index >= 15 is 0 Å². The Balaban J connectivity index is 1.34. The second-order valence-corrected chi connectivity index (χ2v) is 8.69. The van der Waals surface area contributed by atoms with Crippen molar-refractivity contribution in [2.45, 2.75) is 12.5 Å². The number of nitrogens with two attached hydrogens (primary N) is 1. The minimum atomic E-state index is -0.715. The fraction of sp³-hybridized carbons (Fsp3) is 0.385. The number of ether oxygens (including phenoxy) is 1. The van der Waals surface area contributed by atoms with Crippen LogP contribution in [-0.4, -0.2) is 60.7 Å². The fourth-order valence-electron chi connectivity index (χ4n) is 4.62. The molecule has 8 heteroatoms. The van der Waals surface area contributed by atoms with E-state index in [-0.39, 0.29) is 17.7 Å². The Morgan fingerprint density at radius 1 is 1.41 bits per heavy atom. The summed E-state index contributed by atoms with van der Waals surface area (Å²) in [5.41, 5.74) is 7.36. The molecule has 8 nitrogen and oxygen atoms in total. The van der Waals surface area contributed by atoms with Gasteiger partial charge in [0.05, 0.1) is 30.9 Å². The second-order valence-electron chi connectivity index (χ2n) is 8.69. The predicted molar refractivity (Wildman–Crippen MR) is 131 cm³/mol. The molecular weight excluding hydrogens is 432 g/mol. The summed E-state index contributed by atoms with van der Waals surface area (Å²) in [6.07, 6.45) is 7.38. The summed E-state index contributed by atoms with van der Waals surface area (Å²) in [5.74, 6) is 1.13. The van der Waals surface area contributed by atoms with Crippen LogP contribution in [0.3, 0.4) is 0 Å². The number of hydrogen-bond donors (Lipinski definition) is 3. The normalized spacial score (nSPS) is 20.1. The molecule has 0 aliphatic carbocycles. The van der Waals surface area contributed by atoms with Crippen molar-refractivity contribution in [1.29, 1.82) is 0 Å². The Morgan fingerprint density at radius 3 is 3.06 bits per heavy atom. The standard InChI is InChI=1S/C26H32N4O4/c1-33-20-6-7-24-22(14-20)21(8-11-29-24)25(31)17-30-12-9-18(23(16-30)26(27)32)15-28-10-2-4-19-5-3-13-34-19/h2-8,11,13-14,18,23,25,28,31H,9-10,12,15-17H2,1H3,(H2,27,32)/b4-2+/t18?,23?,25-/m0/s1. The van der Waals surface area contributed by atoms with Crippen LogP contribution in [0.25, 0.3) is 17.0 Å². The average molecular weight is 465 g/mol. The number of aliphatic hydroxyl groups excluding tert-OH is 1. The van der Waals surface area contributed by atoms with E-state index in [4.69, 9.17) is 14.9 Å². The second kappa shape index (κ2) is 11.3. The molecule has 0 spiro atoms. The van der Waals surface area contributed by atoms with Gasteiger partial charge in [-0.25, -0.2) is 0 Å². The number of aromatic nitrogens is 1. The van der Waals surface area contributed by atoms with Crippen LogP contribution in [0.2, 0.25) is 0 Å². The molecule has 34 heavy (non-hydrogen) atoms. The lowest BCUT2D eigenvalue weighted by atomic mass is 9.84. The zero-order valence-corrected chi connectivity index (χ0v) is 19.4. The lowest BCUT2D eigenvalue weighted by Crippen LogP contribution is -2.49. The molecule has 180 valence electrons. The zero-order chi connectivity index (χ0) is 23.9. The molecule has 3 atom stereocenters. The number of carbonyl (C=O) groups is 1. The van der Waals surface area contributed by atoms with Crippen molar-refractivity contribution in [1.82, 2.24) is 15.2 Å². The number of rotatable bonds is 10. The first-order valence-electron chi connectivity index (χ1n) is 11.6. The molecule has 1 aromatic carbocycles. The minimum absolute atomic E-state index is 0.161. The van der Waals surface area contributed by atoms with Gasteiger partial charge in [-0.3, -0.25) is 14.7 Å². The summed E-state index contributed by atoms with van der Waals surface area (Å²) < 4.78 is 10.6. The highest BCUT2D eigenvalue weighted by Crippen LogP contribution is 2.29. The topological polar surface area (TPSA) is 114 Å². The van der Waals surface area contributed by atoms with Gasteiger partial charge in [0.2, 0.25) is 5.91 Å². The fourth-order valence-corrected chi connectivity index (χ4v) is 4.62. The van der Waals surface area contributed by atoms with Crippen LogP contribution in [0.1, 0.15) is 23.8 Å². The molecule has 1 fully saturated rings. The number of fused-ring (bicyclic) bond motifs is 1. The van der Waals surface area contributed by atoms with E-state index < -0.39 is 6.10 Å². The van der Waals surface area contributed by atoms with Crippen LogP contribution in [-0.2, 0) is 4.79 Å². The van der Waals surface area contributed by atoms with Gasteiger partial charge in [-0.2, -0.15) is 0 Å². The molecule has 0 saturated carbocycles. The smallest absolute Gasteiger partial charge is 0.222 e. The van der Waals surface area contributed by atoms with Crippen LogP contribution in [0, 0.1) is 11.8 Å². The van der Waals surface area contributed by atoms with Crippen molar-refractivity contribution < 1.29 is 19.1 Å². The first-order valence-corrected chi connectivity index (χ1v) is 11.6. The van der Waals surface area contributed by atoms with E-state index in [1.54, 1.807) is 19.6 Å². The van der Waals surface area contributed by atoms with Gasteiger partial charge in [0.25, 0.3) is 0 Å². The number of nitrogens with one attached hydrogen (secondary N) is 1. The Labute approximate surface area is 199 Å². The summed E-state index contributed by atoms with van der Waals surface area (Å²) in [6.45, 7) is 3.15. The summed E-state index contributed by atoms with van der Waals surface area (Å²) >= 11 is 0. The zero-order valence-electron chi connectivity index (χ0n) is 19.4. The van der Waals surface area contributed by atoms with E-state index in [1.807, 2.05) is 48.6 Å². The van der Waals surface area contributed by atoms with E-state index in [2.05, 4.69) is 15.2 Å². The van der Waals surface area contributed by atoms with E-state index in [9.17, 15) is 9.90 Å². The molecule has 4 N–H and O–H groups in total. The SMILES string of the molecule is COc1ccc2nccc([C@@H](O)CN3CCC(CNC/C=C/c4ccco4)C(C(N)=O)C3)c2c1. The molecule has 1 aliphatic heterocycles. The lowest BCUT2D eigenvalue weighted by Gasteiger charge is -2.38. The van der Waals surface area contributed by atoms with Gasteiger partial charge in [-0.05, 0) is 73.5 Å². The van der Waals surface area contributed by atoms with Crippen molar-refractivity contribution in [3.8, 4) is 5.75 Å². The van der Waals surface area contributed by atoms with Crippen molar-refractivity contribution in [3.05, 3.63) is 66.3 Å². The summed E-state index contributed by atoms with van der Waals surface area (Å²) in [4.78, 5) is 18.7. The minimum Gasteiger partial charge on any atom is -0.497 e. The third-order valence-corrected chi connectivity index (χ3v) is 6.47. The molecule has 1 aliphatic rings. The number of piperidine rings is 1. The molecule has 2 aromatic heterocycles. The van der Waals surface area contributed by atoms with Crippen molar-refractivity contribution >= 4 is 22.9 Å². The molecule has 3 heterocycles. The summed E-state index contributed by atoms with van der Waals surface area (Å²) in [5, 5.41) is 15.3. The predicted octanol–water partition coefficient (Wildman–Crippen LogP) is 2.60. The quantitative estimate of drug-likeness (QED) is 0.395. The number of benzene rings is 1. The van der Waals surface area contributed by atoms with E-state index in [1.165, 1.54) is 0 Å². The largest absolute Gasteiger partial charge is 0.497 e. The molecule has 1 amide bonds. The van der Waals surface area contributed by atoms with Gasteiger partial charge in [-0.1, -0.05) is 6.08 Å². The van der Waals surface area contributed by atoms with Gasteiger partial charge in [0, 0.05) is 31.2 Å². The number of β-amino-alcohol motifs (C(OH)–C–C–N with tert-alkyl or cyclic N) is 1. The van der Waals surface area contributed by atoms with Crippen LogP contribution >= 0.6 is 0 Å². The number of nitrogens with zero attached hydrogens (tertiary/aromatic N) is 2. The van der Waals surface area contributed by atoms with Gasteiger partial charge in [0.1, 0.15) is 11.5 Å². The lowest BCUT2D eigenvalue weighted by molar-refractivity contribution is -0.125. The number of pyridine rings is 1. The number of primary amides is 1. The first-order chi connectivity index (χ1) is 16.5. The van der Waals surface area contributed by atoms with Gasteiger partial charge < -0.3 is 25.3 Å². The maximum absolute atomic E-state index is 12.2. The number of likely N-dealkylation sites (tertiary alicyclic amines) is 1. The Morgan fingerprint density at radius 2 is 2.29 bits per heavy atom. The number of aliphatic hydroxyl groups is 1. The van der Waals surface area contributed by atoms with Gasteiger partial charge >= 0.3 is 0 Å². The molecule has 0 radical (unpaired) electrons. The van der Waals surface area contributed by atoms with Crippen molar-refractivity contribution in [2.75, 3.05) is 39.8 Å². The molecule has 4 rings (SSSR count). The van der Waals surface area contributed by atoms with Crippen LogP contribution in [0.5, 0.6) is 5.75 Å².